The fraction of sp³-hybridized carbons (Fsp3) is 0.176. The summed E-state index contributed by atoms with van der Waals surface area (Å²) in [5.41, 5.74) is -0.406. The number of fused-ring (bicyclic) bond motifs is 1. The van der Waals surface area contributed by atoms with Crippen LogP contribution in [0.2, 0.25) is 0 Å². The lowest BCUT2D eigenvalue weighted by Crippen LogP contribution is -2.02. The molecule has 7 nitrogen and oxygen atoms in total. The van der Waals surface area contributed by atoms with Crippen molar-refractivity contribution in [2.24, 2.45) is 0 Å². The number of rotatable bonds is 3. The molecule has 0 spiro atoms. The van der Waals surface area contributed by atoms with E-state index in [2.05, 4.69) is 0 Å². The molecule has 0 saturated heterocycles. The first-order valence-corrected chi connectivity index (χ1v) is 6.56. The molecule has 0 aliphatic rings. The zero-order valence-electron chi connectivity index (χ0n) is 13.1. The molecule has 0 amide bonds. The molecule has 0 aromatic heterocycles. The third kappa shape index (κ3) is 2.10. The molecule has 116 valence electrons. The molecule has 0 N–H and O–H groups in total. The van der Waals surface area contributed by atoms with Crippen LogP contribution in [0.15, 0.2) is 6.07 Å². The van der Waals surface area contributed by atoms with E-state index in [9.17, 15) is 21.0 Å². The van der Waals surface area contributed by atoms with E-state index in [4.69, 9.17) is 14.2 Å². The minimum absolute atomic E-state index is 0.0256. The summed E-state index contributed by atoms with van der Waals surface area (Å²) in [6.45, 7) is 0. The molecule has 2 aromatic carbocycles. The number of methoxy groups -OCH3 is 3. The molecule has 0 aliphatic carbocycles. The normalized spacial score (nSPS) is 9.29. The molecule has 7 heteroatoms. The fourth-order valence-corrected chi connectivity index (χ4v) is 2.56. The topological polar surface area (TPSA) is 123 Å². The molecule has 2 aromatic rings. The Morgan fingerprint density at radius 1 is 0.667 bits per heavy atom. The minimum Gasteiger partial charge on any atom is -0.493 e. The first kappa shape index (κ1) is 16.4. The Bertz CT molecular complexity index is 1010. The number of benzene rings is 2. The first-order valence-electron chi connectivity index (χ1n) is 6.56. The highest BCUT2D eigenvalue weighted by Gasteiger charge is 2.26. The van der Waals surface area contributed by atoms with Crippen molar-refractivity contribution in [2.45, 2.75) is 0 Å². The second-order valence-corrected chi connectivity index (χ2v) is 4.52. The van der Waals surface area contributed by atoms with Crippen LogP contribution in [-0.4, -0.2) is 21.3 Å². The van der Waals surface area contributed by atoms with Gasteiger partial charge in [0.25, 0.3) is 0 Å². The van der Waals surface area contributed by atoms with E-state index in [0.717, 1.165) is 0 Å². The number of nitrogens with zero attached hydrogens (tertiary/aromatic N) is 4. The van der Waals surface area contributed by atoms with Crippen molar-refractivity contribution in [1.29, 1.82) is 21.0 Å². The maximum atomic E-state index is 9.52. The van der Waals surface area contributed by atoms with Crippen LogP contribution < -0.4 is 14.2 Å². The van der Waals surface area contributed by atoms with Crippen LogP contribution in [0.1, 0.15) is 22.3 Å². The van der Waals surface area contributed by atoms with Crippen LogP contribution in [0.25, 0.3) is 10.8 Å². The quantitative estimate of drug-likeness (QED) is 0.850. The van der Waals surface area contributed by atoms with Gasteiger partial charge in [0.1, 0.15) is 24.3 Å². The average molecular weight is 318 g/mol. The Morgan fingerprint density at radius 2 is 1.17 bits per heavy atom. The Kier molecular flexibility index (Phi) is 4.41. The molecule has 0 unspecified atom stereocenters. The Morgan fingerprint density at radius 3 is 1.58 bits per heavy atom. The minimum atomic E-state index is -0.172. The SMILES string of the molecule is COc1cc2c(C#N)c(C#N)c(C#N)c(C#N)c2c(OC)c1OC. The van der Waals surface area contributed by atoms with Crippen molar-refractivity contribution in [3.05, 3.63) is 28.3 Å². The monoisotopic (exact) mass is 318 g/mol. The van der Waals surface area contributed by atoms with Gasteiger partial charge in [-0.05, 0) is 6.07 Å². The maximum absolute atomic E-state index is 9.52. The third-order valence-electron chi connectivity index (χ3n) is 3.55. The van der Waals surface area contributed by atoms with Gasteiger partial charge in [-0.15, -0.1) is 0 Å². The molecule has 0 fully saturated rings. The molecular formula is C17H10N4O3. The number of nitriles is 4. The van der Waals surface area contributed by atoms with Crippen LogP contribution >= 0.6 is 0 Å². The molecule has 0 heterocycles. The molecule has 0 bridgehead atoms. The van der Waals surface area contributed by atoms with Gasteiger partial charge in [0, 0.05) is 10.8 Å². The van der Waals surface area contributed by atoms with E-state index in [1.54, 1.807) is 0 Å². The Balaban J connectivity index is 3.31. The summed E-state index contributed by atoms with van der Waals surface area (Å²) in [5, 5.41) is 38.2. The van der Waals surface area contributed by atoms with Crippen LogP contribution in [0.4, 0.5) is 0 Å². The fourth-order valence-electron chi connectivity index (χ4n) is 2.56. The van der Waals surface area contributed by atoms with Crippen LogP contribution in [-0.2, 0) is 0 Å². The molecular weight excluding hydrogens is 308 g/mol. The lowest BCUT2D eigenvalue weighted by Gasteiger charge is -2.17. The predicted molar refractivity (Wildman–Crippen MR) is 82.5 cm³/mol. The van der Waals surface area contributed by atoms with Crippen LogP contribution in [0.5, 0.6) is 17.2 Å². The molecule has 0 atom stereocenters. The summed E-state index contributed by atoms with van der Waals surface area (Å²) in [7, 11) is 4.18. The molecule has 0 saturated carbocycles. The Hall–Kier alpha value is -3.94. The van der Waals surface area contributed by atoms with Gasteiger partial charge in [-0.1, -0.05) is 0 Å². The smallest absolute Gasteiger partial charge is 0.203 e. The number of hydrogen-bond donors (Lipinski definition) is 0. The van der Waals surface area contributed by atoms with Crippen molar-refractivity contribution in [3.8, 4) is 41.5 Å². The van der Waals surface area contributed by atoms with Crippen LogP contribution in [0.3, 0.4) is 0 Å². The summed E-state index contributed by atoms with van der Waals surface area (Å²) in [6.07, 6.45) is 0. The highest BCUT2D eigenvalue weighted by Crippen LogP contribution is 2.46. The van der Waals surface area contributed by atoms with Gasteiger partial charge in [-0.3, -0.25) is 0 Å². The van der Waals surface area contributed by atoms with Gasteiger partial charge < -0.3 is 14.2 Å². The average Bonchev–Trinajstić information content (AvgIpc) is 2.63. The lowest BCUT2D eigenvalue weighted by atomic mass is 9.90. The van der Waals surface area contributed by atoms with Crippen molar-refractivity contribution < 1.29 is 14.2 Å². The molecule has 2 rings (SSSR count). The lowest BCUT2D eigenvalue weighted by molar-refractivity contribution is 0.327. The van der Waals surface area contributed by atoms with Crippen molar-refractivity contribution in [3.63, 3.8) is 0 Å². The molecule has 0 aliphatic heterocycles. The van der Waals surface area contributed by atoms with Gasteiger partial charge in [-0.25, -0.2) is 0 Å². The first-order chi connectivity index (χ1) is 11.6. The van der Waals surface area contributed by atoms with Crippen LogP contribution in [0, 0.1) is 45.3 Å². The van der Waals surface area contributed by atoms with Crippen molar-refractivity contribution in [2.75, 3.05) is 21.3 Å². The predicted octanol–water partition coefficient (Wildman–Crippen LogP) is 2.35. The summed E-state index contributed by atoms with van der Waals surface area (Å²) in [4.78, 5) is 0. The molecule has 0 radical (unpaired) electrons. The maximum Gasteiger partial charge on any atom is 0.203 e. The van der Waals surface area contributed by atoms with Gasteiger partial charge in [-0.2, -0.15) is 21.0 Å². The highest BCUT2D eigenvalue weighted by molar-refractivity contribution is 6.03. The Labute approximate surface area is 138 Å². The summed E-state index contributed by atoms with van der Waals surface area (Å²) < 4.78 is 15.9. The van der Waals surface area contributed by atoms with Gasteiger partial charge in [0.05, 0.1) is 43.6 Å². The number of hydrogen-bond acceptors (Lipinski definition) is 7. The zero-order chi connectivity index (χ0) is 17.9. The highest BCUT2D eigenvalue weighted by atomic mass is 16.5. The third-order valence-corrected chi connectivity index (χ3v) is 3.55. The second kappa shape index (κ2) is 6.44. The van der Waals surface area contributed by atoms with E-state index in [1.165, 1.54) is 27.4 Å². The zero-order valence-corrected chi connectivity index (χ0v) is 13.1. The van der Waals surface area contributed by atoms with E-state index < -0.39 is 0 Å². The van der Waals surface area contributed by atoms with Gasteiger partial charge in [0.2, 0.25) is 5.75 Å². The standard InChI is InChI=1S/C17H10N4O3/c1-22-14-4-9-10(5-18)11(6-19)12(7-20)13(8-21)15(9)17(24-3)16(14)23-2/h4H,1-3H3. The second-order valence-electron chi connectivity index (χ2n) is 4.52. The van der Waals surface area contributed by atoms with E-state index >= 15 is 0 Å². The van der Waals surface area contributed by atoms with Gasteiger partial charge in [0.15, 0.2) is 11.5 Å². The van der Waals surface area contributed by atoms with E-state index in [-0.39, 0.29) is 50.3 Å². The molecule has 24 heavy (non-hydrogen) atoms. The summed E-state index contributed by atoms with van der Waals surface area (Å²) in [5.74, 6) is 0.651. The summed E-state index contributed by atoms with van der Waals surface area (Å²) >= 11 is 0. The van der Waals surface area contributed by atoms with Crippen molar-refractivity contribution >= 4 is 10.8 Å². The number of ether oxygens (including phenoxy) is 3. The van der Waals surface area contributed by atoms with Crippen molar-refractivity contribution in [1.82, 2.24) is 0 Å². The van der Waals surface area contributed by atoms with Gasteiger partial charge >= 0.3 is 0 Å². The van der Waals surface area contributed by atoms with E-state index in [1.807, 2.05) is 24.3 Å². The summed E-state index contributed by atoms with van der Waals surface area (Å²) in [6, 6.07) is 8.98. The van der Waals surface area contributed by atoms with E-state index in [0.29, 0.717) is 0 Å². The largest absolute Gasteiger partial charge is 0.493 e.